The van der Waals surface area contributed by atoms with E-state index in [0.29, 0.717) is 17.8 Å². The summed E-state index contributed by atoms with van der Waals surface area (Å²) in [6, 6.07) is 12.1. The first-order valence-corrected chi connectivity index (χ1v) is 5.72. The topological polar surface area (TPSA) is 77.8 Å². The van der Waals surface area contributed by atoms with Gasteiger partial charge in [0.15, 0.2) is 0 Å². The summed E-state index contributed by atoms with van der Waals surface area (Å²) < 4.78 is 0. The molecule has 1 aromatic heterocycles. The maximum absolute atomic E-state index is 11.6. The minimum absolute atomic E-state index is 0. The summed E-state index contributed by atoms with van der Waals surface area (Å²) in [7, 11) is 0. The van der Waals surface area contributed by atoms with Gasteiger partial charge in [0.05, 0.1) is 11.6 Å². The Labute approximate surface area is 141 Å². The van der Waals surface area contributed by atoms with Crippen molar-refractivity contribution in [1.82, 2.24) is 10.3 Å². The van der Waals surface area contributed by atoms with E-state index in [4.69, 9.17) is 5.26 Å². The zero-order valence-electron chi connectivity index (χ0n) is 11.2. The fraction of sp³-hybridized carbons (Fsp3) is 0.0714. The van der Waals surface area contributed by atoms with Gasteiger partial charge in [-0.3, -0.25) is 4.98 Å². The Kier molecular flexibility index (Phi) is 8.95. The monoisotopic (exact) mass is 351 g/mol. The third kappa shape index (κ3) is 6.35. The second-order valence-corrected chi connectivity index (χ2v) is 3.86. The van der Waals surface area contributed by atoms with Gasteiger partial charge in [0.25, 0.3) is 0 Å². The van der Waals surface area contributed by atoms with Gasteiger partial charge in [-0.1, -0.05) is 6.07 Å². The zero-order chi connectivity index (χ0) is 13.5. The number of nitrogens with one attached hydrogen (secondary N) is 2. The van der Waals surface area contributed by atoms with Crippen LogP contribution in [-0.4, -0.2) is 11.0 Å². The minimum atomic E-state index is -0.298. The minimum Gasteiger partial charge on any atom is -1.00 e. The normalized spacial score (nSPS) is 8.52. The molecule has 21 heavy (non-hydrogen) atoms. The summed E-state index contributed by atoms with van der Waals surface area (Å²) in [5.41, 5.74) is 2.13. The van der Waals surface area contributed by atoms with Crippen molar-refractivity contribution >= 4 is 11.7 Å². The molecule has 7 heteroatoms. The number of benzene rings is 1. The van der Waals surface area contributed by atoms with Gasteiger partial charge >= 0.3 is 25.5 Å². The van der Waals surface area contributed by atoms with Gasteiger partial charge in [0.1, 0.15) is 0 Å². The van der Waals surface area contributed by atoms with E-state index in [2.05, 4.69) is 15.6 Å². The average molecular weight is 353 g/mol. The largest absolute Gasteiger partial charge is 2.00 e. The Balaban J connectivity index is 0.00000200. The molecule has 2 amide bonds. The Hall–Kier alpha value is -1.96. The van der Waals surface area contributed by atoms with Crippen LogP contribution in [-0.2, 0) is 26.0 Å². The molecule has 0 radical (unpaired) electrons. The summed E-state index contributed by atoms with van der Waals surface area (Å²) in [6.45, 7) is 0.413. The van der Waals surface area contributed by atoms with Crippen LogP contribution >= 0.6 is 0 Å². The third-order valence-corrected chi connectivity index (χ3v) is 2.45. The van der Waals surface area contributed by atoms with Crippen LogP contribution in [0, 0.1) is 11.3 Å². The number of aromatic nitrogens is 1. The average Bonchev–Trinajstić information content (AvgIpc) is 2.47. The molecule has 0 unspecified atom stereocenters. The summed E-state index contributed by atoms with van der Waals surface area (Å²) >= 11 is 0. The Morgan fingerprint density at radius 3 is 2.52 bits per heavy atom. The molecule has 0 fully saturated rings. The van der Waals surface area contributed by atoms with Crippen molar-refractivity contribution in [2.24, 2.45) is 0 Å². The van der Waals surface area contributed by atoms with Gasteiger partial charge < -0.3 is 23.0 Å². The molecule has 0 spiro atoms. The number of nitriles is 1. The van der Waals surface area contributed by atoms with Crippen molar-refractivity contribution in [3.05, 3.63) is 59.9 Å². The smallest absolute Gasteiger partial charge is 1.00 e. The summed E-state index contributed by atoms with van der Waals surface area (Å²) in [4.78, 5) is 15.6. The molecule has 1 heterocycles. The van der Waals surface area contributed by atoms with Gasteiger partial charge in [-0.25, -0.2) is 4.79 Å². The van der Waals surface area contributed by atoms with Gasteiger partial charge in [0.2, 0.25) is 0 Å². The van der Waals surface area contributed by atoms with Crippen LogP contribution < -0.4 is 23.0 Å². The van der Waals surface area contributed by atoms with E-state index in [1.54, 1.807) is 36.7 Å². The van der Waals surface area contributed by atoms with Crippen LogP contribution in [0.2, 0.25) is 0 Å². The maximum Gasteiger partial charge on any atom is 2.00 e. The summed E-state index contributed by atoms with van der Waals surface area (Å²) in [5, 5.41) is 14.1. The molecule has 0 atom stereocenters. The first-order valence-electron chi connectivity index (χ1n) is 5.72. The number of amides is 2. The number of carbonyl (C=O) groups is 1. The van der Waals surface area contributed by atoms with Crippen molar-refractivity contribution in [2.75, 3.05) is 5.32 Å². The molecule has 5 nitrogen and oxygen atoms in total. The van der Waals surface area contributed by atoms with E-state index in [1.807, 2.05) is 18.2 Å². The number of anilines is 1. The Bertz CT molecular complexity index is 599. The van der Waals surface area contributed by atoms with Crippen molar-refractivity contribution < 1.29 is 36.7 Å². The predicted molar refractivity (Wildman–Crippen MR) is 71.3 cm³/mol. The first-order chi connectivity index (χ1) is 9.28. The molecule has 2 N–H and O–H groups in total. The third-order valence-electron chi connectivity index (χ3n) is 2.45. The SMILES string of the molecule is N#Cc1ccc(NC(=O)NCc2cccnc2)cc1.[Cl-].[Zn+2]. The summed E-state index contributed by atoms with van der Waals surface area (Å²) in [5.74, 6) is 0. The van der Waals surface area contributed by atoms with E-state index >= 15 is 0 Å². The van der Waals surface area contributed by atoms with Crippen LogP contribution in [0.15, 0.2) is 48.8 Å². The number of urea groups is 1. The second kappa shape index (κ2) is 9.87. The number of hydrogen-bond acceptors (Lipinski definition) is 3. The standard InChI is InChI=1S/C14H12N4O.ClH.Zn/c15-8-11-3-5-13(6-4-11)18-14(19)17-10-12-2-1-7-16-9-12;;/h1-7,9H,10H2,(H2,17,18,19);1H;/q;;+2/p-1. The van der Waals surface area contributed by atoms with Crippen molar-refractivity contribution in [3.63, 3.8) is 0 Å². The molecular weight excluding hydrogens is 341 g/mol. The fourth-order valence-electron chi connectivity index (χ4n) is 1.49. The predicted octanol–water partition coefficient (Wildman–Crippen LogP) is -0.724. The van der Waals surface area contributed by atoms with E-state index in [1.165, 1.54) is 0 Å². The first kappa shape index (κ1) is 19.0. The number of halogens is 1. The van der Waals surface area contributed by atoms with E-state index < -0.39 is 0 Å². The van der Waals surface area contributed by atoms with Crippen LogP contribution in [0.5, 0.6) is 0 Å². The van der Waals surface area contributed by atoms with Crippen molar-refractivity contribution in [1.29, 1.82) is 5.26 Å². The molecule has 102 valence electrons. The van der Waals surface area contributed by atoms with Gasteiger partial charge in [-0.15, -0.1) is 0 Å². The number of pyridine rings is 1. The molecule has 0 aliphatic rings. The number of rotatable bonds is 3. The van der Waals surface area contributed by atoms with E-state index in [0.717, 1.165) is 5.56 Å². The molecular formula is C14H12ClN4OZn+. The number of hydrogen-bond donors (Lipinski definition) is 2. The Morgan fingerprint density at radius 2 is 1.95 bits per heavy atom. The van der Waals surface area contributed by atoms with Crippen molar-refractivity contribution in [3.8, 4) is 6.07 Å². The fourth-order valence-corrected chi connectivity index (χ4v) is 1.49. The number of nitrogens with zero attached hydrogens (tertiary/aromatic N) is 2. The van der Waals surface area contributed by atoms with E-state index in [-0.39, 0.29) is 37.9 Å². The molecule has 2 aromatic rings. The van der Waals surface area contributed by atoms with Gasteiger partial charge in [-0.05, 0) is 35.9 Å². The van der Waals surface area contributed by atoms with Crippen LogP contribution in [0.1, 0.15) is 11.1 Å². The maximum atomic E-state index is 11.6. The molecule has 0 aliphatic heterocycles. The second-order valence-electron chi connectivity index (χ2n) is 3.86. The molecule has 1 aromatic carbocycles. The number of carbonyl (C=O) groups excluding carboxylic acids is 1. The van der Waals surface area contributed by atoms with Gasteiger partial charge in [-0.2, -0.15) is 5.26 Å². The zero-order valence-corrected chi connectivity index (χ0v) is 14.9. The molecule has 0 bridgehead atoms. The van der Waals surface area contributed by atoms with Crippen LogP contribution in [0.3, 0.4) is 0 Å². The Morgan fingerprint density at radius 1 is 1.24 bits per heavy atom. The van der Waals surface area contributed by atoms with E-state index in [9.17, 15) is 4.79 Å². The molecule has 2 rings (SSSR count). The van der Waals surface area contributed by atoms with Crippen LogP contribution in [0.25, 0.3) is 0 Å². The van der Waals surface area contributed by atoms with Crippen LogP contribution in [0.4, 0.5) is 10.5 Å². The quantitative estimate of drug-likeness (QED) is 0.715. The van der Waals surface area contributed by atoms with Gasteiger partial charge in [0, 0.05) is 24.6 Å². The molecule has 0 saturated carbocycles. The summed E-state index contributed by atoms with van der Waals surface area (Å²) in [6.07, 6.45) is 3.38. The molecule has 0 saturated heterocycles. The van der Waals surface area contributed by atoms with Crippen molar-refractivity contribution in [2.45, 2.75) is 6.54 Å². The molecule has 0 aliphatic carbocycles.